The van der Waals surface area contributed by atoms with E-state index >= 15 is 0 Å². The third kappa shape index (κ3) is 2.71. The number of hydrogen-bond acceptors (Lipinski definition) is 4. The third-order valence-electron chi connectivity index (χ3n) is 1.60. The van der Waals surface area contributed by atoms with Crippen molar-refractivity contribution in [3.63, 3.8) is 0 Å². The van der Waals surface area contributed by atoms with Crippen LogP contribution in [0.15, 0.2) is 0 Å². The van der Waals surface area contributed by atoms with Crippen molar-refractivity contribution in [1.82, 2.24) is 0 Å². The SMILES string of the molecule is COCC[O][Al]1[O]C[CH]1OC. The van der Waals surface area contributed by atoms with Gasteiger partial charge < -0.3 is 17.1 Å². The van der Waals surface area contributed by atoms with E-state index in [1.807, 2.05) is 0 Å². The predicted molar refractivity (Wildman–Crippen MR) is 40.3 cm³/mol. The van der Waals surface area contributed by atoms with E-state index in [0.717, 1.165) is 0 Å². The quantitative estimate of drug-likeness (QED) is 0.426. The minimum atomic E-state index is -1.45. The van der Waals surface area contributed by atoms with Gasteiger partial charge in [0.2, 0.25) is 0 Å². The highest BCUT2D eigenvalue weighted by Crippen LogP contribution is 2.11. The summed E-state index contributed by atoms with van der Waals surface area (Å²) in [6.45, 7) is 1.94. The minimum Gasteiger partial charge on any atom is -0.476 e. The fourth-order valence-electron chi connectivity index (χ4n) is 0.836. The normalized spacial score (nSPS) is 23.5. The van der Waals surface area contributed by atoms with Crippen molar-refractivity contribution >= 4 is 14.8 Å². The molecule has 1 rings (SSSR count). The maximum Gasteiger partial charge on any atom is 0.709 e. The molecule has 1 heterocycles. The molecule has 0 amide bonds. The van der Waals surface area contributed by atoms with Crippen molar-refractivity contribution in [3.8, 4) is 0 Å². The molecule has 4 nitrogen and oxygen atoms in total. The molecule has 64 valence electrons. The molecule has 0 saturated carbocycles. The molecule has 0 aliphatic carbocycles. The van der Waals surface area contributed by atoms with E-state index in [4.69, 9.17) is 17.1 Å². The zero-order valence-corrected chi connectivity index (χ0v) is 8.06. The Labute approximate surface area is 71.4 Å². The van der Waals surface area contributed by atoms with E-state index in [9.17, 15) is 0 Å². The Bertz CT molecular complexity index is 109. The molecule has 0 aromatic carbocycles. The van der Waals surface area contributed by atoms with Crippen molar-refractivity contribution in [1.29, 1.82) is 0 Å². The first kappa shape index (κ1) is 9.46. The van der Waals surface area contributed by atoms with Gasteiger partial charge in [-0.2, -0.15) is 0 Å². The highest BCUT2D eigenvalue weighted by molar-refractivity contribution is 6.48. The molecule has 1 unspecified atom stereocenters. The van der Waals surface area contributed by atoms with E-state index in [0.29, 0.717) is 19.8 Å². The van der Waals surface area contributed by atoms with E-state index in [1.54, 1.807) is 14.2 Å². The lowest BCUT2D eigenvalue weighted by molar-refractivity contribution is -0.00548. The number of hydrogen-bond donors (Lipinski definition) is 0. The maximum atomic E-state index is 5.39. The average molecular weight is 176 g/mol. The first-order valence-electron chi connectivity index (χ1n) is 3.63. The highest BCUT2D eigenvalue weighted by atomic mass is 27.2. The van der Waals surface area contributed by atoms with Gasteiger partial charge in [-0.1, -0.05) is 0 Å². The van der Waals surface area contributed by atoms with Gasteiger partial charge in [-0.3, -0.25) is 0 Å². The van der Waals surface area contributed by atoms with Crippen molar-refractivity contribution in [2.24, 2.45) is 0 Å². The Morgan fingerprint density at radius 1 is 1.45 bits per heavy atom. The van der Waals surface area contributed by atoms with Gasteiger partial charge >= 0.3 is 14.8 Å². The fourth-order valence-corrected chi connectivity index (χ4v) is 2.20. The second-order valence-corrected chi connectivity index (χ2v) is 4.49. The molecule has 1 saturated heterocycles. The molecule has 11 heavy (non-hydrogen) atoms. The van der Waals surface area contributed by atoms with Crippen LogP contribution in [0.4, 0.5) is 0 Å². The number of rotatable bonds is 5. The van der Waals surface area contributed by atoms with Gasteiger partial charge in [-0.15, -0.1) is 0 Å². The second-order valence-electron chi connectivity index (χ2n) is 2.34. The molecule has 0 aromatic heterocycles. The largest absolute Gasteiger partial charge is 0.709 e. The molecule has 1 atom stereocenters. The summed E-state index contributed by atoms with van der Waals surface area (Å²) in [4.78, 5) is 0.242. The van der Waals surface area contributed by atoms with E-state index < -0.39 is 14.8 Å². The topological polar surface area (TPSA) is 36.9 Å². The fraction of sp³-hybridized carbons (Fsp3) is 1.00. The molecule has 0 N–H and O–H groups in total. The molecule has 0 radical (unpaired) electrons. The van der Waals surface area contributed by atoms with Gasteiger partial charge in [0.1, 0.15) is 0 Å². The van der Waals surface area contributed by atoms with Crippen LogP contribution in [0.1, 0.15) is 0 Å². The van der Waals surface area contributed by atoms with Gasteiger partial charge in [0.25, 0.3) is 0 Å². The zero-order valence-electron chi connectivity index (χ0n) is 6.91. The first-order valence-corrected chi connectivity index (χ1v) is 5.24. The monoisotopic (exact) mass is 176 g/mol. The minimum absolute atomic E-state index is 0.242. The van der Waals surface area contributed by atoms with Gasteiger partial charge in [0, 0.05) is 27.4 Å². The Morgan fingerprint density at radius 3 is 2.73 bits per heavy atom. The van der Waals surface area contributed by atoms with Crippen molar-refractivity contribution in [2.45, 2.75) is 4.97 Å². The Kier molecular flexibility index (Phi) is 4.38. The Balaban J connectivity index is 1.98. The summed E-state index contributed by atoms with van der Waals surface area (Å²) < 4.78 is 20.5. The first-order chi connectivity index (χ1) is 5.38. The number of methoxy groups -OCH3 is 2. The van der Waals surface area contributed by atoms with E-state index in [2.05, 4.69) is 0 Å². The van der Waals surface area contributed by atoms with Crippen LogP contribution in [0.25, 0.3) is 0 Å². The van der Waals surface area contributed by atoms with Crippen LogP contribution < -0.4 is 0 Å². The summed E-state index contributed by atoms with van der Waals surface area (Å²) in [7, 11) is 3.34. The summed E-state index contributed by atoms with van der Waals surface area (Å²) in [5, 5.41) is 0. The van der Waals surface area contributed by atoms with Crippen LogP contribution in [0.5, 0.6) is 0 Å². The molecular formula is C6H13AlO4. The van der Waals surface area contributed by atoms with Crippen molar-refractivity contribution in [2.75, 3.05) is 34.0 Å². The predicted octanol–water partition coefficient (Wildman–Crippen LogP) is -0.278. The third-order valence-corrected chi connectivity index (χ3v) is 3.76. The molecule has 0 spiro atoms. The molecule has 1 aliphatic heterocycles. The van der Waals surface area contributed by atoms with Crippen molar-refractivity contribution < 1.29 is 17.1 Å². The Morgan fingerprint density at radius 2 is 2.27 bits per heavy atom. The van der Waals surface area contributed by atoms with Gasteiger partial charge in [0.15, 0.2) is 0 Å². The van der Waals surface area contributed by atoms with E-state index in [1.165, 1.54) is 0 Å². The smallest absolute Gasteiger partial charge is 0.476 e. The second kappa shape index (κ2) is 5.10. The van der Waals surface area contributed by atoms with Crippen molar-refractivity contribution in [3.05, 3.63) is 0 Å². The highest BCUT2D eigenvalue weighted by Gasteiger charge is 2.45. The lowest BCUT2D eigenvalue weighted by Crippen LogP contribution is -2.53. The maximum absolute atomic E-state index is 5.39. The van der Waals surface area contributed by atoms with Crippen LogP contribution in [-0.2, 0) is 17.1 Å². The van der Waals surface area contributed by atoms with Gasteiger partial charge in [0.05, 0.1) is 11.6 Å². The lowest BCUT2D eigenvalue weighted by atomic mass is 10.8. The zero-order chi connectivity index (χ0) is 8.10. The molecule has 1 fully saturated rings. The van der Waals surface area contributed by atoms with Crippen LogP contribution in [-0.4, -0.2) is 53.8 Å². The summed E-state index contributed by atoms with van der Waals surface area (Å²) in [5.74, 6) is 0. The summed E-state index contributed by atoms with van der Waals surface area (Å²) in [6, 6.07) is 0. The molecular weight excluding hydrogens is 163 g/mol. The summed E-state index contributed by atoms with van der Waals surface area (Å²) in [5.41, 5.74) is 0. The Hall–Kier alpha value is 0.372. The summed E-state index contributed by atoms with van der Waals surface area (Å²) >= 11 is -1.45. The average Bonchev–Trinajstić information content (AvgIpc) is 1.97. The van der Waals surface area contributed by atoms with Gasteiger partial charge in [-0.25, -0.2) is 0 Å². The standard InChI is InChI=1S/C3H7O2.C3H6O2.Al/c2*1-5-3-2-4;/h2-3H2,1H3;3H,2H2,1H3;/q2*-1;+2. The lowest BCUT2D eigenvalue weighted by Gasteiger charge is -2.30. The molecule has 0 aromatic rings. The van der Waals surface area contributed by atoms with Crippen LogP contribution in [0, 0.1) is 0 Å². The molecule has 5 heteroatoms. The van der Waals surface area contributed by atoms with Gasteiger partial charge in [-0.05, 0) is 0 Å². The van der Waals surface area contributed by atoms with E-state index in [-0.39, 0.29) is 4.97 Å². The molecule has 0 bridgehead atoms. The summed E-state index contributed by atoms with van der Waals surface area (Å²) in [6.07, 6.45) is 0. The number of ether oxygens (including phenoxy) is 2. The van der Waals surface area contributed by atoms with Crippen LogP contribution in [0.2, 0.25) is 0 Å². The molecule has 1 aliphatic rings. The van der Waals surface area contributed by atoms with Crippen LogP contribution in [0.3, 0.4) is 0 Å². The van der Waals surface area contributed by atoms with Crippen LogP contribution >= 0.6 is 0 Å².